The number of carboxylic acids is 1. The average molecular weight is 817 g/mol. The lowest BCUT2D eigenvalue weighted by atomic mass is 9.73. The average Bonchev–Trinajstić information content (AvgIpc) is 3.62. The molecule has 5 rings (SSSR count). The Morgan fingerprint density at radius 1 is 1.11 bits per heavy atom. The number of alkyl halides is 6. The van der Waals surface area contributed by atoms with Crippen LogP contribution < -0.4 is 4.74 Å². The Bertz CT molecular complexity index is 1810. The van der Waals surface area contributed by atoms with Crippen LogP contribution in [0.15, 0.2) is 48.0 Å². The van der Waals surface area contributed by atoms with Crippen LogP contribution in [0.1, 0.15) is 91.7 Å². The van der Waals surface area contributed by atoms with E-state index in [1.165, 1.54) is 24.4 Å². The first-order valence-electron chi connectivity index (χ1n) is 17.8. The summed E-state index contributed by atoms with van der Waals surface area (Å²) in [6.45, 7) is 5.48. The number of pyridine rings is 1. The Morgan fingerprint density at radius 3 is 2.34 bits per heavy atom. The molecule has 0 aliphatic carbocycles. The minimum absolute atomic E-state index is 0.00370. The minimum Gasteiger partial charge on any atom is -0.507 e. The number of aromatic hydroxyl groups is 1. The number of aliphatic carboxylic acids is 1. The van der Waals surface area contributed by atoms with E-state index in [4.69, 9.17) is 14.9 Å². The van der Waals surface area contributed by atoms with E-state index < -0.39 is 51.6 Å². The smallest absolute Gasteiger partial charge is 0.425 e. The third kappa shape index (κ3) is 12.3. The van der Waals surface area contributed by atoms with E-state index in [0.29, 0.717) is 61.4 Å². The number of nitriles is 1. The van der Waals surface area contributed by atoms with Crippen molar-refractivity contribution in [2.75, 3.05) is 26.2 Å². The Labute approximate surface area is 323 Å². The zero-order valence-corrected chi connectivity index (χ0v) is 31.5. The molecule has 0 radical (unpaired) electrons. The number of hydrogen-bond acceptors (Lipinski definition) is 8. The van der Waals surface area contributed by atoms with Crippen molar-refractivity contribution in [2.45, 2.75) is 89.0 Å². The lowest BCUT2D eigenvalue weighted by molar-refractivity contribution is -0.138. The van der Waals surface area contributed by atoms with Crippen LogP contribution in [0, 0.1) is 23.1 Å². The minimum atomic E-state index is -4.57. The van der Waals surface area contributed by atoms with E-state index in [2.05, 4.69) is 18.0 Å². The lowest BCUT2D eigenvalue weighted by Crippen LogP contribution is -2.48. The Balaban J connectivity index is 0.000000243. The first kappa shape index (κ1) is 45.5. The number of para-hydroxylation sites is 1. The van der Waals surface area contributed by atoms with E-state index in [0.717, 1.165) is 43.5 Å². The van der Waals surface area contributed by atoms with Gasteiger partial charge in [0.15, 0.2) is 11.6 Å². The number of ether oxygens (including phenoxy) is 1. The van der Waals surface area contributed by atoms with Crippen molar-refractivity contribution in [3.8, 4) is 17.6 Å². The number of hydrogen-bond donors (Lipinski definition) is 2. The maximum atomic E-state index is 14.2. The molecule has 3 aromatic rings. The summed E-state index contributed by atoms with van der Waals surface area (Å²) in [5.41, 5.74) is -1.88. The van der Waals surface area contributed by atoms with E-state index in [9.17, 15) is 50.4 Å². The highest BCUT2D eigenvalue weighted by Crippen LogP contribution is 2.41. The van der Waals surface area contributed by atoms with Gasteiger partial charge in [0.05, 0.1) is 23.7 Å². The van der Waals surface area contributed by atoms with Gasteiger partial charge < -0.3 is 24.7 Å². The van der Waals surface area contributed by atoms with E-state index >= 15 is 0 Å². The topological polar surface area (TPSA) is 144 Å². The highest BCUT2D eigenvalue weighted by Gasteiger charge is 2.41. The monoisotopic (exact) mass is 816 g/mol. The summed E-state index contributed by atoms with van der Waals surface area (Å²) in [6.07, 6.45) is -2.40. The summed E-state index contributed by atoms with van der Waals surface area (Å²) in [4.78, 5) is 40.2. The Morgan fingerprint density at radius 2 is 1.80 bits per heavy atom. The van der Waals surface area contributed by atoms with Crippen molar-refractivity contribution >= 4 is 29.6 Å². The Kier molecular flexibility index (Phi) is 16.5. The van der Waals surface area contributed by atoms with E-state index in [-0.39, 0.29) is 37.0 Å². The van der Waals surface area contributed by atoms with Gasteiger partial charge in [-0.3, -0.25) is 19.4 Å². The summed E-state index contributed by atoms with van der Waals surface area (Å²) >= 11 is 0.481. The molecule has 2 atom stereocenters. The van der Waals surface area contributed by atoms with Crippen molar-refractivity contribution < 1.29 is 60.1 Å². The van der Waals surface area contributed by atoms with Crippen LogP contribution in [0.5, 0.6) is 11.5 Å². The van der Waals surface area contributed by atoms with Crippen LogP contribution in [0.3, 0.4) is 0 Å². The van der Waals surface area contributed by atoms with Gasteiger partial charge in [-0.25, -0.2) is 4.39 Å². The van der Waals surface area contributed by atoms with Crippen molar-refractivity contribution in [3.63, 3.8) is 0 Å². The SMILES string of the molecule is CCCC1C(C)CCCN1C(=O)c1ncccc1C(F)(F)F.N#CC1(c2cccc(F)c2OCCCC(=O)O)CCN(C=O)CC1.Oc1csc(C(F)(F)F)c1. The Hall–Kier alpha value is -4.92. The standard InChI is InChI=1S/C17H19FN2O4.C16H21F3N2O.C5H3F3OS/c18-14-4-1-3-13(16(14)24-10-2-5-15(22)23)17(11-19)6-8-20(12-21)9-7-17;1-3-6-13-11(2)7-5-10-21(13)15(22)14-12(16(17,18)19)8-4-9-20-14;6-5(7,8)4-1-3(9)2-10-4/h1,3-4,12H,2,5-10H2,(H,22,23);4,8-9,11,13H,3,5-7,10H2,1-2H3;1-2,9H. The van der Waals surface area contributed by atoms with E-state index in [1.54, 1.807) is 15.9 Å². The van der Waals surface area contributed by atoms with Crippen LogP contribution in [0.4, 0.5) is 30.7 Å². The second kappa shape index (κ2) is 20.3. The molecule has 2 unspecified atom stereocenters. The molecule has 18 heteroatoms. The molecule has 2 amide bonds. The molecule has 4 heterocycles. The van der Waals surface area contributed by atoms with Gasteiger partial charge in [-0.2, -0.15) is 31.6 Å². The number of piperidine rings is 2. The fraction of sp³-hybridized carbons (Fsp3) is 0.500. The summed E-state index contributed by atoms with van der Waals surface area (Å²) in [6, 6.07) is 9.54. The molecule has 0 saturated carbocycles. The van der Waals surface area contributed by atoms with Crippen molar-refractivity contribution in [3.05, 3.63) is 75.5 Å². The highest BCUT2D eigenvalue weighted by atomic mass is 32.1. The molecule has 0 bridgehead atoms. The van der Waals surface area contributed by atoms with Gasteiger partial charge in [0.2, 0.25) is 6.41 Å². The third-order valence-corrected chi connectivity index (χ3v) is 10.4. The number of benzene rings is 1. The number of carbonyl (C=O) groups is 3. The highest BCUT2D eigenvalue weighted by molar-refractivity contribution is 7.10. The fourth-order valence-corrected chi connectivity index (χ4v) is 7.17. The number of halogens is 7. The summed E-state index contributed by atoms with van der Waals surface area (Å²) < 4.78 is 94.1. The predicted octanol–water partition coefficient (Wildman–Crippen LogP) is 8.70. The van der Waals surface area contributed by atoms with E-state index in [1.807, 2.05) is 6.92 Å². The zero-order valence-electron chi connectivity index (χ0n) is 30.7. The molecule has 1 aromatic carbocycles. The second-order valence-corrected chi connectivity index (χ2v) is 14.2. The molecule has 2 N–H and O–H groups in total. The maximum Gasteiger partial charge on any atom is 0.425 e. The summed E-state index contributed by atoms with van der Waals surface area (Å²) in [5.74, 6) is -2.15. The first-order chi connectivity index (χ1) is 26.4. The van der Waals surface area contributed by atoms with Crippen LogP contribution >= 0.6 is 11.3 Å². The van der Waals surface area contributed by atoms with Crippen LogP contribution in [0.2, 0.25) is 0 Å². The van der Waals surface area contributed by atoms with Crippen molar-refractivity contribution in [1.29, 1.82) is 5.26 Å². The van der Waals surface area contributed by atoms with Gasteiger partial charge in [-0.15, -0.1) is 11.3 Å². The number of nitrogens with zero attached hydrogens (tertiary/aromatic N) is 4. The number of thiophene rings is 1. The van der Waals surface area contributed by atoms with Crippen LogP contribution in [-0.2, 0) is 27.4 Å². The molecule has 2 saturated heterocycles. The number of aromatic nitrogens is 1. The number of carboxylic acid groups (broad SMARTS) is 1. The summed E-state index contributed by atoms with van der Waals surface area (Å²) in [5, 5.41) is 27.9. The number of likely N-dealkylation sites (tertiary alicyclic amines) is 2. The quantitative estimate of drug-likeness (QED) is 0.118. The molecule has 2 aromatic heterocycles. The normalized spacial score (nSPS) is 18.0. The molecular weight excluding hydrogens is 773 g/mol. The zero-order chi connectivity index (χ0) is 41.7. The molecule has 306 valence electrons. The maximum absolute atomic E-state index is 14.2. The molecule has 56 heavy (non-hydrogen) atoms. The number of amides is 2. The predicted molar refractivity (Wildman–Crippen MR) is 191 cm³/mol. The second-order valence-electron chi connectivity index (χ2n) is 13.3. The molecule has 2 aliphatic rings. The molecular formula is C38H43F7N4O6S. The van der Waals surface area contributed by atoms with Gasteiger partial charge in [-0.05, 0) is 62.6 Å². The van der Waals surface area contributed by atoms with Crippen molar-refractivity contribution in [1.82, 2.24) is 14.8 Å². The van der Waals surface area contributed by atoms with Crippen LogP contribution in [-0.4, -0.2) is 75.6 Å². The summed E-state index contributed by atoms with van der Waals surface area (Å²) in [7, 11) is 0. The lowest BCUT2D eigenvalue weighted by Gasteiger charge is -2.40. The first-order valence-corrected chi connectivity index (χ1v) is 18.7. The van der Waals surface area contributed by atoms with Gasteiger partial charge in [0.1, 0.15) is 16.3 Å². The van der Waals surface area contributed by atoms with Gasteiger partial charge in [0.25, 0.3) is 5.91 Å². The largest absolute Gasteiger partial charge is 0.507 e. The number of rotatable bonds is 10. The molecule has 0 spiro atoms. The molecule has 2 fully saturated rings. The fourth-order valence-electron chi connectivity index (χ4n) is 6.54. The van der Waals surface area contributed by atoms with Crippen molar-refractivity contribution in [2.24, 2.45) is 5.92 Å². The van der Waals surface area contributed by atoms with Gasteiger partial charge >= 0.3 is 18.3 Å². The van der Waals surface area contributed by atoms with Gasteiger partial charge in [0, 0.05) is 55.3 Å². The van der Waals surface area contributed by atoms with Gasteiger partial charge in [-0.1, -0.05) is 32.4 Å². The molecule has 10 nitrogen and oxygen atoms in total. The third-order valence-electron chi connectivity index (χ3n) is 9.42. The van der Waals surface area contributed by atoms with Crippen LogP contribution in [0.25, 0.3) is 0 Å². The molecule has 2 aliphatic heterocycles. The number of carbonyl (C=O) groups excluding carboxylic acids is 2.